The van der Waals surface area contributed by atoms with Crippen molar-refractivity contribution in [2.45, 2.75) is 26.3 Å². The molecule has 2 aromatic heterocycles. The van der Waals surface area contributed by atoms with Gasteiger partial charge in [-0.1, -0.05) is 13.8 Å². The second-order valence-electron chi connectivity index (χ2n) is 5.24. The van der Waals surface area contributed by atoms with Crippen LogP contribution in [0.15, 0.2) is 18.7 Å². The molecular formula is C14H22N6. The van der Waals surface area contributed by atoms with E-state index in [0.717, 1.165) is 29.3 Å². The maximum atomic E-state index is 4.46. The summed E-state index contributed by atoms with van der Waals surface area (Å²) >= 11 is 0. The third-order valence-electron chi connectivity index (χ3n) is 3.22. The molecule has 108 valence electrons. The first kappa shape index (κ1) is 14.3. The molecule has 6 heteroatoms. The molecule has 0 aliphatic carbocycles. The van der Waals surface area contributed by atoms with Crippen LogP contribution in [0.1, 0.15) is 30.9 Å². The van der Waals surface area contributed by atoms with Gasteiger partial charge in [-0.25, -0.2) is 9.97 Å². The standard InChI is InChI=1S/C14H22N6/c1-10(2)12-13(15-3)16-9-17-14(12)19(4)7-11-6-18-20(5)8-11/h6,8-10H,7H2,1-5H3,(H,15,16,17). The third kappa shape index (κ3) is 2.89. The minimum absolute atomic E-state index is 0.352. The van der Waals surface area contributed by atoms with E-state index in [-0.39, 0.29) is 0 Å². The number of nitrogens with zero attached hydrogens (tertiary/aromatic N) is 5. The van der Waals surface area contributed by atoms with Gasteiger partial charge in [-0.2, -0.15) is 5.10 Å². The quantitative estimate of drug-likeness (QED) is 0.904. The first-order valence-electron chi connectivity index (χ1n) is 6.74. The molecular weight excluding hydrogens is 252 g/mol. The van der Waals surface area contributed by atoms with E-state index in [4.69, 9.17) is 0 Å². The van der Waals surface area contributed by atoms with E-state index in [1.807, 2.05) is 38.2 Å². The van der Waals surface area contributed by atoms with Crippen LogP contribution in [0.4, 0.5) is 11.6 Å². The van der Waals surface area contributed by atoms with Crippen molar-refractivity contribution in [2.75, 3.05) is 24.3 Å². The lowest BCUT2D eigenvalue weighted by Gasteiger charge is -2.23. The molecule has 0 aliphatic heterocycles. The number of aryl methyl sites for hydroxylation is 1. The fourth-order valence-electron chi connectivity index (χ4n) is 2.32. The van der Waals surface area contributed by atoms with Crippen LogP contribution in [0, 0.1) is 0 Å². The molecule has 1 N–H and O–H groups in total. The van der Waals surface area contributed by atoms with Gasteiger partial charge >= 0.3 is 0 Å². The number of hydrogen-bond acceptors (Lipinski definition) is 5. The van der Waals surface area contributed by atoms with E-state index in [1.54, 1.807) is 6.33 Å². The maximum Gasteiger partial charge on any atom is 0.137 e. The van der Waals surface area contributed by atoms with Crippen LogP contribution in [0.2, 0.25) is 0 Å². The van der Waals surface area contributed by atoms with Gasteiger partial charge in [0.25, 0.3) is 0 Å². The molecule has 6 nitrogen and oxygen atoms in total. The molecule has 0 saturated carbocycles. The van der Waals surface area contributed by atoms with Gasteiger partial charge in [-0.15, -0.1) is 0 Å². The highest BCUT2D eigenvalue weighted by atomic mass is 15.2. The highest BCUT2D eigenvalue weighted by Crippen LogP contribution is 2.30. The van der Waals surface area contributed by atoms with Crippen LogP contribution in [-0.4, -0.2) is 33.8 Å². The van der Waals surface area contributed by atoms with Crippen LogP contribution in [0.3, 0.4) is 0 Å². The second kappa shape index (κ2) is 5.90. The van der Waals surface area contributed by atoms with Gasteiger partial charge in [-0.3, -0.25) is 4.68 Å². The topological polar surface area (TPSA) is 58.9 Å². The molecule has 0 radical (unpaired) electrons. The number of aromatic nitrogens is 4. The summed E-state index contributed by atoms with van der Waals surface area (Å²) in [6, 6.07) is 0. The summed E-state index contributed by atoms with van der Waals surface area (Å²) in [7, 11) is 5.85. The molecule has 0 aliphatic rings. The van der Waals surface area contributed by atoms with Crippen molar-refractivity contribution in [2.24, 2.45) is 7.05 Å². The number of rotatable bonds is 5. The molecule has 2 aromatic rings. The van der Waals surface area contributed by atoms with Gasteiger partial charge in [0.15, 0.2) is 0 Å². The van der Waals surface area contributed by atoms with Crippen molar-refractivity contribution < 1.29 is 0 Å². The molecule has 0 saturated heterocycles. The van der Waals surface area contributed by atoms with Gasteiger partial charge < -0.3 is 10.2 Å². The molecule has 0 unspecified atom stereocenters. The second-order valence-corrected chi connectivity index (χ2v) is 5.24. The van der Waals surface area contributed by atoms with E-state index >= 15 is 0 Å². The summed E-state index contributed by atoms with van der Waals surface area (Å²) in [5.41, 5.74) is 2.30. The van der Waals surface area contributed by atoms with Crippen molar-refractivity contribution >= 4 is 11.6 Å². The smallest absolute Gasteiger partial charge is 0.137 e. The lowest BCUT2D eigenvalue weighted by Crippen LogP contribution is -2.20. The lowest BCUT2D eigenvalue weighted by molar-refractivity contribution is 0.765. The van der Waals surface area contributed by atoms with Gasteiger partial charge in [0.05, 0.1) is 6.20 Å². The van der Waals surface area contributed by atoms with Gasteiger partial charge in [0, 0.05) is 45.0 Å². The highest BCUT2D eigenvalue weighted by molar-refractivity contribution is 5.59. The van der Waals surface area contributed by atoms with Crippen molar-refractivity contribution in [3.05, 3.63) is 29.8 Å². The lowest BCUT2D eigenvalue weighted by atomic mass is 10.0. The Morgan fingerprint density at radius 2 is 2.10 bits per heavy atom. The zero-order chi connectivity index (χ0) is 14.7. The summed E-state index contributed by atoms with van der Waals surface area (Å²) in [6.07, 6.45) is 5.50. The first-order chi connectivity index (χ1) is 9.52. The van der Waals surface area contributed by atoms with Crippen molar-refractivity contribution in [3.63, 3.8) is 0 Å². The average molecular weight is 274 g/mol. The van der Waals surface area contributed by atoms with Crippen molar-refractivity contribution in [1.29, 1.82) is 0 Å². The fraction of sp³-hybridized carbons (Fsp3) is 0.500. The zero-order valence-corrected chi connectivity index (χ0v) is 12.8. The normalized spacial score (nSPS) is 10.9. The Morgan fingerprint density at radius 1 is 1.35 bits per heavy atom. The van der Waals surface area contributed by atoms with Gasteiger partial charge in [-0.05, 0) is 5.92 Å². The molecule has 0 atom stereocenters. The molecule has 0 fully saturated rings. The molecule has 0 aromatic carbocycles. The maximum absolute atomic E-state index is 4.46. The predicted octanol–water partition coefficient (Wildman–Crippen LogP) is 2.01. The summed E-state index contributed by atoms with van der Waals surface area (Å²) in [5, 5.41) is 7.35. The minimum atomic E-state index is 0.352. The molecule has 20 heavy (non-hydrogen) atoms. The van der Waals surface area contributed by atoms with Crippen molar-refractivity contribution in [3.8, 4) is 0 Å². The number of hydrogen-bond donors (Lipinski definition) is 1. The molecule has 0 amide bonds. The Labute approximate surface area is 119 Å². The molecule has 0 spiro atoms. The Bertz CT molecular complexity index is 575. The van der Waals surface area contributed by atoms with Crippen LogP contribution >= 0.6 is 0 Å². The van der Waals surface area contributed by atoms with E-state index in [0.29, 0.717) is 5.92 Å². The zero-order valence-electron chi connectivity index (χ0n) is 12.8. The number of anilines is 2. The van der Waals surface area contributed by atoms with Gasteiger partial charge in [0.1, 0.15) is 18.0 Å². The summed E-state index contributed by atoms with van der Waals surface area (Å²) in [5.74, 6) is 2.20. The van der Waals surface area contributed by atoms with Crippen LogP contribution < -0.4 is 10.2 Å². The minimum Gasteiger partial charge on any atom is -0.373 e. The summed E-state index contributed by atoms with van der Waals surface area (Å²) in [4.78, 5) is 10.9. The van der Waals surface area contributed by atoms with E-state index in [2.05, 4.69) is 39.1 Å². The molecule has 2 rings (SSSR count). The molecule has 0 bridgehead atoms. The predicted molar refractivity (Wildman–Crippen MR) is 81.0 cm³/mol. The largest absolute Gasteiger partial charge is 0.373 e. The monoisotopic (exact) mass is 274 g/mol. The van der Waals surface area contributed by atoms with Crippen molar-refractivity contribution in [1.82, 2.24) is 19.7 Å². The SMILES string of the molecule is CNc1ncnc(N(C)Cc2cnn(C)c2)c1C(C)C. The number of nitrogens with one attached hydrogen (secondary N) is 1. The Morgan fingerprint density at radius 3 is 2.65 bits per heavy atom. The van der Waals surface area contributed by atoms with Crippen LogP contribution in [-0.2, 0) is 13.6 Å². The first-order valence-corrected chi connectivity index (χ1v) is 6.74. The highest BCUT2D eigenvalue weighted by Gasteiger charge is 2.17. The Hall–Kier alpha value is -2.11. The van der Waals surface area contributed by atoms with E-state index in [1.165, 1.54) is 0 Å². The third-order valence-corrected chi connectivity index (χ3v) is 3.22. The van der Waals surface area contributed by atoms with Crippen LogP contribution in [0.5, 0.6) is 0 Å². The molecule has 2 heterocycles. The summed E-state index contributed by atoms with van der Waals surface area (Å²) < 4.78 is 1.81. The van der Waals surface area contributed by atoms with E-state index < -0.39 is 0 Å². The van der Waals surface area contributed by atoms with E-state index in [9.17, 15) is 0 Å². The van der Waals surface area contributed by atoms with Gasteiger partial charge in [0.2, 0.25) is 0 Å². The van der Waals surface area contributed by atoms with Crippen LogP contribution in [0.25, 0.3) is 0 Å². The Kier molecular flexibility index (Phi) is 4.22. The Balaban J connectivity index is 2.31. The summed E-state index contributed by atoms with van der Waals surface area (Å²) in [6.45, 7) is 5.08. The average Bonchev–Trinajstić information content (AvgIpc) is 2.82. The fourth-order valence-corrected chi connectivity index (χ4v) is 2.32.